The zero-order chi connectivity index (χ0) is 19.4. The number of carbonyl (C=O) groups excluding carboxylic acids is 2. The van der Waals surface area contributed by atoms with Crippen LogP contribution >= 0.6 is 0 Å². The second-order valence-corrected chi connectivity index (χ2v) is 6.16. The van der Waals surface area contributed by atoms with Crippen LogP contribution in [0.3, 0.4) is 0 Å². The number of carbonyl (C=O) groups is 2. The van der Waals surface area contributed by atoms with E-state index in [4.69, 9.17) is 9.47 Å². The first kappa shape index (κ1) is 18.6. The standard InChI is InChI=1S/C22H21NO4/c1-4-18-21(14(2)17-7-5-6-8-19(17)23-18)22(25)27-13-20(24)15-9-11-16(26-3)12-10-15/h5-12H,4,13H2,1-3H3. The number of ether oxygens (including phenoxy) is 2. The van der Waals surface area contributed by atoms with Crippen LogP contribution in [0, 0.1) is 6.92 Å². The van der Waals surface area contributed by atoms with Gasteiger partial charge in [-0.05, 0) is 49.2 Å². The molecule has 0 fully saturated rings. The quantitative estimate of drug-likeness (QED) is 0.486. The number of para-hydroxylation sites is 1. The minimum absolute atomic E-state index is 0.268. The predicted molar refractivity (Wildman–Crippen MR) is 103 cm³/mol. The highest BCUT2D eigenvalue weighted by Crippen LogP contribution is 2.24. The van der Waals surface area contributed by atoms with Crippen molar-refractivity contribution in [1.82, 2.24) is 4.98 Å². The summed E-state index contributed by atoms with van der Waals surface area (Å²) in [6.07, 6.45) is 0.600. The molecule has 5 heteroatoms. The van der Waals surface area contributed by atoms with Gasteiger partial charge in [-0.2, -0.15) is 0 Å². The molecule has 0 amide bonds. The van der Waals surface area contributed by atoms with Crippen molar-refractivity contribution in [3.05, 3.63) is 70.9 Å². The maximum Gasteiger partial charge on any atom is 0.340 e. The van der Waals surface area contributed by atoms with Crippen LogP contribution in [0.25, 0.3) is 10.9 Å². The number of ketones is 1. The van der Waals surface area contributed by atoms with Crippen LogP contribution in [-0.2, 0) is 11.2 Å². The third kappa shape index (κ3) is 3.82. The predicted octanol–water partition coefficient (Wildman–Crippen LogP) is 4.15. The normalized spacial score (nSPS) is 10.6. The number of rotatable bonds is 6. The molecule has 5 nitrogen and oxygen atoms in total. The molecule has 0 saturated heterocycles. The van der Waals surface area contributed by atoms with Gasteiger partial charge in [-0.1, -0.05) is 25.1 Å². The van der Waals surface area contributed by atoms with Crippen LogP contribution < -0.4 is 4.74 Å². The summed E-state index contributed by atoms with van der Waals surface area (Å²) in [7, 11) is 1.56. The van der Waals surface area contributed by atoms with Crippen LogP contribution in [-0.4, -0.2) is 30.5 Å². The van der Waals surface area contributed by atoms with E-state index in [2.05, 4.69) is 4.98 Å². The third-order valence-corrected chi connectivity index (χ3v) is 4.51. The van der Waals surface area contributed by atoms with E-state index in [9.17, 15) is 9.59 Å². The van der Waals surface area contributed by atoms with E-state index < -0.39 is 5.97 Å². The molecule has 0 spiro atoms. The van der Waals surface area contributed by atoms with Gasteiger partial charge < -0.3 is 9.47 Å². The molecule has 0 aliphatic rings. The van der Waals surface area contributed by atoms with Crippen molar-refractivity contribution >= 4 is 22.7 Å². The average Bonchev–Trinajstić information content (AvgIpc) is 2.71. The highest BCUT2D eigenvalue weighted by Gasteiger charge is 2.20. The van der Waals surface area contributed by atoms with Gasteiger partial charge >= 0.3 is 5.97 Å². The number of pyridine rings is 1. The number of esters is 1. The van der Waals surface area contributed by atoms with Crippen molar-refractivity contribution in [2.75, 3.05) is 13.7 Å². The summed E-state index contributed by atoms with van der Waals surface area (Å²) >= 11 is 0. The molecule has 0 aliphatic carbocycles. The third-order valence-electron chi connectivity index (χ3n) is 4.51. The van der Waals surface area contributed by atoms with E-state index in [1.54, 1.807) is 31.4 Å². The van der Waals surface area contributed by atoms with E-state index in [0.29, 0.717) is 29.0 Å². The lowest BCUT2D eigenvalue weighted by molar-refractivity contribution is 0.0472. The Morgan fingerprint density at radius 1 is 1.04 bits per heavy atom. The smallest absolute Gasteiger partial charge is 0.340 e. The second kappa shape index (κ2) is 7.99. The van der Waals surface area contributed by atoms with Crippen molar-refractivity contribution in [2.45, 2.75) is 20.3 Å². The molecule has 27 heavy (non-hydrogen) atoms. The van der Waals surface area contributed by atoms with Crippen molar-refractivity contribution in [3.63, 3.8) is 0 Å². The van der Waals surface area contributed by atoms with E-state index in [-0.39, 0.29) is 12.4 Å². The molecule has 0 radical (unpaired) electrons. The molecule has 1 aromatic heterocycles. The van der Waals surface area contributed by atoms with Gasteiger partial charge in [0.1, 0.15) is 5.75 Å². The average molecular weight is 363 g/mol. The summed E-state index contributed by atoms with van der Waals surface area (Å²) in [5.74, 6) is -0.131. The summed E-state index contributed by atoms with van der Waals surface area (Å²) < 4.78 is 10.4. The monoisotopic (exact) mass is 363 g/mol. The first-order valence-corrected chi connectivity index (χ1v) is 8.77. The first-order valence-electron chi connectivity index (χ1n) is 8.77. The number of nitrogens with zero attached hydrogens (tertiary/aromatic N) is 1. The van der Waals surface area contributed by atoms with Crippen molar-refractivity contribution < 1.29 is 19.1 Å². The van der Waals surface area contributed by atoms with Gasteiger partial charge in [-0.25, -0.2) is 4.79 Å². The Hall–Kier alpha value is -3.21. The SMILES string of the molecule is CCc1nc2ccccc2c(C)c1C(=O)OCC(=O)c1ccc(OC)cc1. The molecule has 1 heterocycles. The largest absolute Gasteiger partial charge is 0.497 e. The van der Waals surface area contributed by atoms with E-state index >= 15 is 0 Å². The van der Waals surface area contributed by atoms with Crippen molar-refractivity contribution in [1.29, 1.82) is 0 Å². The van der Waals surface area contributed by atoms with Crippen molar-refractivity contribution in [2.24, 2.45) is 0 Å². The minimum Gasteiger partial charge on any atom is -0.497 e. The zero-order valence-electron chi connectivity index (χ0n) is 15.6. The Balaban J connectivity index is 1.81. The topological polar surface area (TPSA) is 65.5 Å². The molecule has 0 N–H and O–H groups in total. The van der Waals surface area contributed by atoms with Gasteiger partial charge in [0.15, 0.2) is 12.4 Å². The fourth-order valence-corrected chi connectivity index (χ4v) is 3.03. The molecule has 0 unspecified atom stereocenters. The Kier molecular flexibility index (Phi) is 5.50. The highest BCUT2D eigenvalue weighted by molar-refractivity contribution is 6.01. The molecular weight excluding hydrogens is 342 g/mol. The Morgan fingerprint density at radius 2 is 1.74 bits per heavy atom. The number of aryl methyl sites for hydroxylation is 2. The Morgan fingerprint density at radius 3 is 2.41 bits per heavy atom. The summed E-state index contributed by atoms with van der Waals surface area (Å²) in [6.45, 7) is 3.50. The molecule has 0 saturated carbocycles. The van der Waals surface area contributed by atoms with Gasteiger partial charge in [0.25, 0.3) is 0 Å². The second-order valence-electron chi connectivity index (χ2n) is 6.16. The van der Waals surface area contributed by atoms with Crippen LogP contribution in [0.5, 0.6) is 5.75 Å². The number of benzene rings is 2. The lowest BCUT2D eigenvalue weighted by Crippen LogP contribution is -2.17. The molecular formula is C22H21NO4. The lowest BCUT2D eigenvalue weighted by Gasteiger charge is -2.13. The summed E-state index contributed by atoms with van der Waals surface area (Å²) in [5.41, 5.74) is 3.25. The molecule has 3 aromatic rings. The zero-order valence-corrected chi connectivity index (χ0v) is 15.6. The van der Waals surface area contributed by atoms with Crippen LogP contribution in [0.2, 0.25) is 0 Å². The first-order chi connectivity index (χ1) is 13.0. The summed E-state index contributed by atoms with van der Waals surface area (Å²) in [6, 6.07) is 14.4. The number of Topliss-reactive ketones (excluding diaryl/α,β-unsaturated/α-hetero) is 1. The molecule has 0 bridgehead atoms. The lowest BCUT2D eigenvalue weighted by atomic mass is 10.0. The number of fused-ring (bicyclic) bond motifs is 1. The molecule has 3 rings (SSSR count). The molecule has 0 aliphatic heterocycles. The van der Waals surface area contributed by atoms with Gasteiger partial charge in [0, 0.05) is 10.9 Å². The summed E-state index contributed by atoms with van der Waals surface area (Å²) in [4.78, 5) is 29.6. The Bertz CT molecular complexity index is 993. The summed E-state index contributed by atoms with van der Waals surface area (Å²) in [5, 5.41) is 0.906. The van der Waals surface area contributed by atoms with Gasteiger partial charge in [0.2, 0.25) is 0 Å². The number of hydrogen-bond acceptors (Lipinski definition) is 5. The maximum atomic E-state index is 12.7. The molecule has 138 valence electrons. The Labute approximate surface area is 157 Å². The van der Waals surface area contributed by atoms with Crippen LogP contribution in [0.1, 0.15) is 38.9 Å². The van der Waals surface area contributed by atoms with Crippen LogP contribution in [0.4, 0.5) is 0 Å². The van der Waals surface area contributed by atoms with Gasteiger partial charge in [-0.3, -0.25) is 9.78 Å². The van der Waals surface area contributed by atoms with Gasteiger partial charge in [-0.15, -0.1) is 0 Å². The van der Waals surface area contributed by atoms with E-state index in [1.165, 1.54) is 0 Å². The highest BCUT2D eigenvalue weighted by atomic mass is 16.5. The van der Waals surface area contributed by atoms with E-state index in [1.807, 2.05) is 38.1 Å². The fraction of sp³-hybridized carbons (Fsp3) is 0.227. The minimum atomic E-state index is -0.524. The van der Waals surface area contributed by atoms with E-state index in [0.717, 1.165) is 16.5 Å². The fourth-order valence-electron chi connectivity index (χ4n) is 3.03. The maximum absolute atomic E-state index is 12.7. The number of hydrogen-bond donors (Lipinski definition) is 0. The van der Waals surface area contributed by atoms with Crippen LogP contribution in [0.15, 0.2) is 48.5 Å². The van der Waals surface area contributed by atoms with Crippen molar-refractivity contribution in [3.8, 4) is 5.75 Å². The number of aromatic nitrogens is 1. The van der Waals surface area contributed by atoms with Gasteiger partial charge in [0.05, 0.1) is 23.9 Å². The molecule has 0 atom stereocenters. The number of methoxy groups -OCH3 is 1. The molecule has 2 aromatic carbocycles.